The minimum Gasteiger partial charge on any atom is -0.478 e. The Morgan fingerprint density at radius 3 is 2.15 bits per heavy atom. The van der Waals surface area contributed by atoms with Crippen LogP contribution in [0.3, 0.4) is 0 Å². The van der Waals surface area contributed by atoms with E-state index in [1.165, 1.54) is 0 Å². The van der Waals surface area contributed by atoms with Crippen molar-refractivity contribution < 1.29 is 19.5 Å². The van der Waals surface area contributed by atoms with Crippen LogP contribution in [-0.4, -0.2) is 65.5 Å². The van der Waals surface area contributed by atoms with Crippen molar-refractivity contribution in [3.05, 3.63) is 35.4 Å². The molecule has 2 aliphatic rings. The summed E-state index contributed by atoms with van der Waals surface area (Å²) >= 11 is 0. The summed E-state index contributed by atoms with van der Waals surface area (Å²) in [4.78, 5) is 39.4. The summed E-state index contributed by atoms with van der Waals surface area (Å²) in [7, 11) is 0. The lowest BCUT2D eigenvalue weighted by Crippen LogP contribution is -2.47. The van der Waals surface area contributed by atoms with Gasteiger partial charge in [0.25, 0.3) is 0 Å². The van der Waals surface area contributed by atoms with E-state index >= 15 is 0 Å². The van der Waals surface area contributed by atoms with Crippen LogP contribution in [0.15, 0.2) is 24.3 Å². The van der Waals surface area contributed by atoms with Crippen molar-refractivity contribution in [1.82, 2.24) is 15.1 Å². The predicted molar refractivity (Wildman–Crippen MR) is 101 cm³/mol. The van der Waals surface area contributed by atoms with E-state index in [1.807, 2.05) is 9.80 Å². The Labute approximate surface area is 159 Å². The summed E-state index contributed by atoms with van der Waals surface area (Å²) in [6, 6.07) is 6.83. The normalized spacial score (nSPS) is 17.8. The highest BCUT2D eigenvalue weighted by atomic mass is 16.4. The topological polar surface area (TPSA) is 90.0 Å². The van der Waals surface area contributed by atoms with Crippen LogP contribution in [-0.2, 0) is 11.2 Å². The van der Waals surface area contributed by atoms with Gasteiger partial charge in [0.2, 0.25) is 5.91 Å². The zero-order valence-corrected chi connectivity index (χ0v) is 15.5. The van der Waals surface area contributed by atoms with Crippen LogP contribution < -0.4 is 5.32 Å². The second-order valence-electron chi connectivity index (χ2n) is 7.28. The minimum atomic E-state index is -0.940. The number of amides is 3. The first-order chi connectivity index (χ1) is 13.0. The molecule has 0 aliphatic carbocycles. The van der Waals surface area contributed by atoms with Crippen LogP contribution in [0.5, 0.6) is 0 Å². The number of piperidine rings is 1. The fourth-order valence-corrected chi connectivity index (χ4v) is 3.73. The van der Waals surface area contributed by atoms with Gasteiger partial charge in [-0.05, 0) is 49.8 Å². The molecule has 27 heavy (non-hydrogen) atoms. The van der Waals surface area contributed by atoms with E-state index in [0.717, 1.165) is 31.5 Å². The number of urea groups is 1. The summed E-state index contributed by atoms with van der Waals surface area (Å²) < 4.78 is 0. The molecule has 0 aromatic heterocycles. The maximum atomic E-state index is 12.4. The van der Waals surface area contributed by atoms with Gasteiger partial charge in [-0.2, -0.15) is 0 Å². The lowest BCUT2D eigenvalue weighted by molar-refractivity contribution is -0.126. The molecule has 7 nitrogen and oxygen atoms in total. The Morgan fingerprint density at radius 1 is 0.963 bits per heavy atom. The van der Waals surface area contributed by atoms with Gasteiger partial charge in [0.05, 0.1) is 5.56 Å². The number of hydrogen-bond donors (Lipinski definition) is 2. The van der Waals surface area contributed by atoms with Crippen LogP contribution >= 0.6 is 0 Å². The molecule has 1 aromatic rings. The third kappa shape index (κ3) is 4.99. The molecule has 0 atom stereocenters. The summed E-state index contributed by atoms with van der Waals surface area (Å²) in [5, 5.41) is 11.9. The van der Waals surface area contributed by atoms with E-state index < -0.39 is 5.97 Å². The van der Waals surface area contributed by atoms with Gasteiger partial charge in [-0.1, -0.05) is 12.1 Å². The number of hydrogen-bond acceptors (Lipinski definition) is 3. The van der Waals surface area contributed by atoms with Crippen LogP contribution in [0.2, 0.25) is 0 Å². The molecule has 2 heterocycles. The summed E-state index contributed by atoms with van der Waals surface area (Å²) in [6.45, 7) is 3.52. The first kappa shape index (κ1) is 19.2. The van der Waals surface area contributed by atoms with Gasteiger partial charge in [0, 0.05) is 38.6 Å². The van der Waals surface area contributed by atoms with Gasteiger partial charge < -0.3 is 20.2 Å². The van der Waals surface area contributed by atoms with Crippen LogP contribution in [0.25, 0.3) is 0 Å². The largest absolute Gasteiger partial charge is 0.478 e. The summed E-state index contributed by atoms with van der Waals surface area (Å²) in [6.07, 6.45) is 4.25. The molecule has 0 unspecified atom stereocenters. The zero-order valence-electron chi connectivity index (χ0n) is 15.5. The third-order valence-corrected chi connectivity index (χ3v) is 5.43. The van der Waals surface area contributed by atoms with Crippen molar-refractivity contribution in [2.45, 2.75) is 32.1 Å². The van der Waals surface area contributed by atoms with Gasteiger partial charge in [0.1, 0.15) is 0 Å². The van der Waals surface area contributed by atoms with Gasteiger partial charge in [-0.25, -0.2) is 9.59 Å². The molecule has 7 heteroatoms. The molecular weight excluding hydrogens is 346 g/mol. The SMILES string of the molecule is O=C(O)c1ccc(CCNC(=O)C2CCN(C(=O)N3CCCC3)CC2)cc1. The number of carboxylic acids is 1. The Kier molecular flexibility index (Phi) is 6.32. The molecule has 3 rings (SSSR count). The van der Waals surface area contributed by atoms with Crippen molar-refractivity contribution in [3.8, 4) is 0 Å². The van der Waals surface area contributed by atoms with Crippen LogP contribution in [0, 0.1) is 5.92 Å². The lowest BCUT2D eigenvalue weighted by atomic mass is 9.96. The molecule has 0 spiro atoms. The van der Waals surface area contributed by atoms with Crippen molar-refractivity contribution in [1.29, 1.82) is 0 Å². The molecule has 2 N–H and O–H groups in total. The number of likely N-dealkylation sites (tertiary alicyclic amines) is 2. The standard InChI is InChI=1S/C20H27N3O4/c24-18(21-10-7-15-3-5-17(6-4-15)19(25)26)16-8-13-23(14-9-16)20(27)22-11-1-2-12-22/h3-6,16H,1-2,7-14H2,(H,21,24)(H,25,26). The highest BCUT2D eigenvalue weighted by Gasteiger charge is 2.30. The molecule has 2 saturated heterocycles. The van der Waals surface area contributed by atoms with Crippen molar-refractivity contribution in [2.24, 2.45) is 5.92 Å². The Morgan fingerprint density at radius 2 is 1.56 bits per heavy atom. The molecule has 2 aliphatic heterocycles. The third-order valence-electron chi connectivity index (χ3n) is 5.43. The van der Waals surface area contributed by atoms with Gasteiger partial charge >= 0.3 is 12.0 Å². The number of benzene rings is 1. The van der Waals surface area contributed by atoms with E-state index in [4.69, 9.17) is 5.11 Å². The number of carbonyl (C=O) groups is 3. The number of aromatic carboxylic acids is 1. The molecule has 0 saturated carbocycles. The molecule has 1 aromatic carbocycles. The number of carbonyl (C=O) groups excluding carboxylic acids is 2. The maximum Gasteiger partial charge on any atom is 0.335 e. The van der Waals surface area contributed by atoms with Gasteiger partial charge in [-0.3, -0.25) is 4.79 Å². The van der Waals surface area contributed by atoms with Gasteiger partial charge in [-0.15, -0.1) is 0 Å². The first-order valence-electron chi connectivity index (χ1n) is 9.68. The highest BCUT2D eigenvalue weighted by Crippen LogP contribution is 2.20. The van der Waals surface area contributed by atoms with Crippen molar-refractivity contribution in [2.75, 3.05) is 32.7 Å². The van der Waals surface area contributed by atoms with E-state index in [2.05, 4.69) is 5.32 Å². The average Bonchev–Trinajstić information content (AvgIpc) is 3.22. The molecule has 2 fully saturated rings. The number of nitrogens with one attached hydrogen (secondary N) is 1. The molecule has 146 valence electrons. The maximum absolute atomic E-state index is 12.4. The van der Waals surface area contributed by atoms with E-state index in [0.29, 0.717) is 38.9 Å². The monoisotopic (exact) mass is 373 g/mol. The fraction of sp³-hybridized carbons (Fsp3) is 0.550. The van der Waals surface area contributed by atoms with E-state index in [-0.39, 0.29) is 23.4 Å². The quantitative estimate of drug-likeness (QED) is 0.826. The van der Waals surface area contributed by atoms with E-state index in [9.17, 15) is 14.4 Å². The fourth-order valence-electron chi connectivity index (χ4n) is 3.73. The predicted octanol–water partition coefficient (Wildman–Crippen LogP) is 1.97. The van der Waals surface area contributed by atoms with Crippen molar-refractivity contribution >= 4 is 17.9 Å². The average molecular weight is 373 g/mol. The summed E-state index contributed by atoms with van der Waals surface area (Å²) in [5.41, 5.74) is 1.25. The number of carboxylic acid groups (broad SMARTS) is 1. The smallest absolute Gasteiger partial charge is 0.335 e. The van der Waals surface area contributed by atoms with E-state index in [1.54, 1.807) is 24.3 Å². The Balaban J connectivity index is 1.38. The lowest BCUT2D eigenvalue weighted by Gasteiger charge is -2.34. The number of rotatable bonds is 5. The van der Waals surface area contributed by atoms with Crippen LogP contribution in [0.1, 0.15) is 41.6 Å². The summed E-state index contributed by atoms with van der Waals surface area (Å²) in [5.74, 6) is -0.933. The zero-order chi connectivity index (χ0) is 19.2. The second-order valence-corrected chi connectivity index (χ2v) is 7.28. The second kappa shape index (κ2) is 8.88. The molecule has 0 radical (unpaired) electrons. The van der Waals surface area contributed by atoms with Gasteiger partial charge in [0.15, 0.2) is 0 Å². The van der Waals surface area contributed by atoms with Crippen LogP contribution in [0.4, 0.5) is 4.79 Å². The minimum absolute atomic E-state index is 0.0398. The Hall–Kier alpha value is -2.57. The molecular formula is C20H27N3O4. The van der Waals surface area contributed by atoms with Crippen molar-refractivity contribution in [3.63, 3.8) is 0 Å². The Bertz CT molecular complexity index is 675. The molecule has 0 bridgehead atoms. The number of nitrogens with zero attached hydrogens (tertiary/aromatic N) is 2. The first-order valence-corrected chi connectivity index (χ1v) is 9.68. The highest BCUT2D eigenvalue weighted by molar-refractivity contribution is 5.87. The molecule has 3 amide bonds.